The van der Waals surface area contributed by atoms with Gasteiger partial charge in [-0.05, 0) is 38.2 Å². The molecule has 0 spiro atoms. The Labute approximate surface area is 149 Å². The fourth-order valence-corrected chi connectivity index (χ4v) is 2.96. The van der Waals surface area contributed by atoms with Gasteiger partial charge < -0.3 is 14.4 Å². The Balaban J connectivity index is 1.51. The summed E-state index contributed by atoms with van der Waals surface area (Å²) in [5.41, 5.74) is 1.02. The van der Waals surface area contributed by atoms with Crippen LogP contribution in [0.2, 0.25) is 0 Å². The predicted molar refractivity (Wildman–Crippen MR) is 97.8 cm³/mol. The predicted octanol–water partition coefficient (Wildman–Crippen LogP) is 2.53. The smallest absolute Gasteiger partial charge is 0.151 e. The first kappa shape index (κ1) is 17.9. The minimum absolute atomic E-state index is 0.0174. The number of hydrogen-bond acceptors (Lipinski definition) is 6. The molecule has 1 N–H and O–H groups in total. The molecular weight excluding hydrogens is 316 g/mol. The molecule has 25 heavy (non-hydrogen) atoms. The Morgan fingerprint density at radius 2 is 1.96 bits per heavy atom. The van der Waals surface area contributed by atoms with Crippen molar-refractivity contribution in [2.45, 2.75) is 45.3 Å². The molecule has 2 aromatic rings. The molecule has 3 rings (SSSR count). The molecule has 0 aliphatic carbocycles. The van der Waals surface area contributed by atoms with Crippen molar-refractivity contribution >= 4 is 5.82 Å². The van der Waals surface area contributed by atoms with Crippen LogP contribution in [0.1, 0.15) is 44.1 Å². The summed E-state index contributed by atoms with van der Waals surface area (Å²) in [6, 6.07) is 8.22. The maximum absolute atomic E-state index is 10.3. The molecule has 1 atom stereocenters. The van der Waals surface area contributed by atoms with Crippen molar-refractivity contribution in [3.63, 3.8) is 0 Å². The van der Waals surface area contributed by atoms with Gasteiger partial charge in [-0.1, -0.05) is 20.8 Å². The monoisotopic (exact) mass is 344 g/mol. The lowest BCUT2D eigenvalue weighted by Crippen LogP contribution is -2.59. The number of likely N-dealkylation sites (N-methyl/N-ethyl adjacent to an activating group) is 1. The lowest BCUT2D eigenvalue weighted by Gasteiger charge is -2.44. The molecule has 2 aromatic heterocycles. The molecule has 1 saturated heterocycles. The van der Waals surface area contributed by atoms with Gasteiger partial charge >= 0.3 is 0 Å². The van der Waals surface area contributed by atoms with Crippen LogP contribution in [0.25, 0.3) is 0 Å². The summed E-state index contributed by atoms with van der Waals surface area (Å²) in [6.07, 6.45) is -0.599. The first-order valence-corrected chi connectivity index (χ1v) is 8.78. The number of aliphatic hydroxyl groups excluding tert-OH is 1. The SMILES string of the molecule is Cc1ccc(C(O)CN(C)C2CN(c3ccc(C(C)(C)C)nn3)C2)o1. The molecule has 0 radical (unpaired) electrons. The minimum atomic E-state index is -0.599. The first-order valence-electron chi connectivity index (χ1n) is 8.78. The highest BCUT2D eigenvalue weighted by Gasteiger charge is 2.32. The van der Waals surface area contributed by atoms with E-state index < -0.39 is 6.10 Å². The average Bonchev–Trinajstić information content (AvgIpc) is 2.92. The van der Waals surface area contributed by atoms with Crippen LogP contribution in [0, 0.1) is 6.92 Å². The standard InChI is InChI=1S/C19H28N4O2/c1-13-6-7-16(25-13)15(24)12-22(5)14-10-23(11-14)18-9-8-17(20-21-18)19(2,3)4/h6-9,14-15,24H,10-12H2,1-5H3. The Kier molecular flexibility index (Phi) is 4.84. The summed E-state index contributed by atoms with van der Waals surface area (Å²) in [4.78, 5) is 4.39. The highest BCUT2D eigenvalue weighted by molar-refractivity contribution is 5.42. The molecule has 136 valence electrons. The Bertz CT molecular complexity index is 699. The van der Waals surface area contributed by atoms with E-state index in [9.17, 15) is 5.11 Å². The number of anilines is 1. The summed E-state index contributed by atoms with van der Waals surface area (Å²) in [7, 11) is 2.04. The van der Waals surface area contributed by atoms with Crippen molar-refractivity contribution in [2.75, 3.05) is 31.6 Å². The first-order chi connectivity index (χ1) is 11.7. The molecule has 1 fully saturated rings. The maximum Gasteiger partial charge on any atom is 0.151 e. The van der Waals surface area contributed by atoms with Crippen molar-refractivity contribution in [3.05, 3.63) is 41.5 Å². The van der Waals surface area contributed by atoms with E-state index in [1.165, 1.54) is 0 Å². The fourth-order valence-electron chi connectivity index (χ4n) is 2.96. The molecule has 0 aromatic carbocycles. The second-order valence-electron chi connectivity index (χ2n) is 7.99. The summed E-state index contributed by atoms with van der Waals surface area (Å²) in [5, 5.41) is 19.0. The quantitative estimate of drug-likeness (QED) is 0.899. The van der Waals surface area contributed by atoms with Gasteiger partial charge in [0.15, 0.2) is 5.82 Å². The second-order valence-corrected chi connectivity index (χ2v) is 7.99. The minimum Gasteiger partial charge on any atom is -0.464 e. The number of rotatable bonds is 5. The highest BCUT2D eigenvalue weighted by atomic mass is 16.4. The molecule has 0 bridgehead atoms. The van der Waals surface area contributed by atoms with E-state index in [2.05, 4.69) is 46.8 Å². The van der Waals surface area contributed by atoms with Gasteiger partial charge in [0.2, 0.25) is 0 Å². The Hall–Kier alpha value is -1.92. The van der Waals surface area contributed by atoms with Crippen LogP contribution in [0.4, 0.5) is 5.82 Å². The van der Waals surface area contributed by atoms with Crippen LogP contribution in [-0.2, 0) is 5.41 Å². The van der Waals surface area contributed by atoms with Gasteiger partial charge in [0.05, 0.1) is 5.69 Å². The molecule has 0 saturated carbocycles. The molecule has 1 aliphatic rings. The van der Waals surface area contributed by atoms with Crippen LogP contribution in [0.5, 0.6) is 0 Å². The third-order valence-corrected chi connectivity index (χ3v) is 4.78. The number of aliphatic hydroxyl groups is 1. The number of hydrogen-bond donors (Lipinski definition) is 1. The zero-order valence-electron chi connectivity index (χ0n) is 15.7. The van der Waals surface area contributed by atoms with Gasteiger partial charge in [-0.2, -0.15) is 5.10 Å². The summed E-state index contributed by atoms with van der Waals surface area (Å²) < 4.78 is 5.50. The third kappa shape index (κ3) is 4.02. The van der Waals surface area contributed by atoms with E-state index in [4.69, 9.17) is 4.42 Å². The van der Waals surface area contributed by atoms with Crippen molar-refractivity contribution in [2.24, 2.45) is 0 Å². The highest BCUT2D eigenvalue weighted by Crippen LogP contribution is 2.25. The summed E-state index contributed by atoms with van der Waals surface area (Å²) >= 11 is 0. The number of furan rings is 1. The number of aromatic nitrogens is 2. The van der Waals surface area contributed by atoms with Crippen molar-refractivity contribution < 1.29 is 9.52 Å². The Morgan fingerprint density at radius 3 is 2.48 bits per heavy atom. The van der Waals surface area contributed by atoms with E-state index in [1.54, 1.807) is 0 Å². The van der Waals surface area contributed by atoms with E-state index in [-0.39, 0.29) is 5.41 Å². The number of aryl methyl sites for hydroxylation is 1. The molecule has 6 nitrogen and oxygen atoms in total. The van der Waals surface area contributed by atoms with E-state index in [0.29, 0.717) is 18.3 Å². The van der Waals surface area contributed by atoms with Crippen molar-refractivity contribution in [3.8, 4) is 0 Å². The second kappa shape index (κ2) is 6.77. The number of nitrogens with zero attached hydrogens (tertiary/aromatic N) is 4. The lowest BCUT2D eigenvalue weighted by atomic mass is 9.92. The molecule has 6 heteroatoms. The fraction of sp³-hybridized carbons (Fsp3) is 0.579. The molecular formula is C19H28N4O2. The lowest BCUT2D eigenvalue weighted by molar-refractivity contribution is 0.0787. The summed E-state index contributed by atoms with van der Waals surface area (Å²) in [6.45, 7) is 10.6. The molecule has 1 aliphatic heterocycles. The maximum atomic E-state index is 10.3. The zero-order chi connectivity index (χ0) is 18.2. The van der Waals surface area contributed by atoms with Crippen LogP contribution in [0.3, 0.4) is 0 Å². The average molecular weight is 344 g/mol. The van der Waals surface area contributed by atoms with Crippen molar-refractivity contribution in [1.29, 1.82) is 0 Å². The van der Waals surface area contributed by atoms with Crippen LogP contribution < -0.4 is 4.90 Å². The molecule has 0 amide bonds. The normalized spacial score (nSPS) is 17.0. The van der Waals surface area contributed by atoms with E-state index >= 15 is 0 Å². The van der Waals surface area contributed by atoms with E-state index in [1.807, 2.05) is 32.2 Å². The van der Waals surface area contributed by atoms with E-state index in [0.717, 1.165) is 30.4 Å². The summed E-state index contributed by atoms with van der Waals surface area (Å²) in [5.74, 6) is 2.37. The topological polar surface area (TPSA) is 65.6 Å². The van der Waals surface area contributed by atoms with Gasteiger partial charge in [-0.25, -0.2) is 0 Å². The van der Waals surface area contributed by atoms with Crippen LogP contribution >= 0.6 is 0 Å². The van der Waals surface area contributed by atoms with Gasteiger partial charge in [0.25, 0.3) is 0 Å². The van der Waals surface area contributed by atoms with Gasteiger partial charge in [-0.3, -0.25) is 4.90 Å². The largest absolute Gasteiger partial charge is 0.464 e. The third-order valence-electron chi connectivity index (χ3n) is 4.78. The van der Waals surface area contributed by atoms with Gasteiger partial charge in [0, 0.05) is 31.1 Å². The van der Waals surface area contributed by atoms with Crippen molar-refractivity contribution in [1.82, 2.24) is 15.1 Å². The Morgan fingerprint density at radius 1 is 1.24 bits per heavy atom. The molecule has 3 heterocycles. The molecule has 1 unspecified atom stereocenters. The zero-order valence-corrected chi connectivity index (χ0v) is 15.7. The van der Waals surface area contributed by atoms with Crippen LogP contribution in [0.15, 0.2) is 28.7 Å². The van der Waals surface area contributed by atoms with Gasteiger partial charge in [0.1, 0.15) is 17.6 Å². The van der Waals surface area contributed by atoms with Gasteiger partial charge in [-0.15, -0.1) is 5.10 Å². The van der Waals surface area contributed by atoms with Crippen LogP contribution in [-0.4, -0.2) is 52.9 Å².